The molecule has 64 valence electrons. The molecule has 3 nitrogen and oxygen atoms in total. The minimum Gasteiger partial charge on any atom is -0.375 e. The Morgan fingerprint density at radius 1 is 1.73 bits per heavy atom. The number of rotatable bonds is 1. The van der Waals surface area contributed by atoms with Crippen LogP contribution in [0.3, 0.4) is 0 Å². The Labute approximate surface area is 67.8 Å². The topological polar surface area (TPSA) is 36.3 Å². The van der Waals surface area contributed by atoms with Crippen molar-refractivity contribution in [1.82, 2.24) is 4.90 Å². The van der Waals surface area contributed by atoms with Gasteiger partial charge in [-0.1, -0.05) is 6.92 Å². The smallest absolute Gasteiger partial charge is 0.0927 e. The Bertz CT molecular complexity index is 147. The highest BCUT2D eigenvalue weighted by molar-refractivity contribution is 5.76. The minimum atomic E-state index is 0.337. The molecule has 0 spiro atoms. The van der Waals surface area contributed by atoms with Crippen molar-refractivity contribution in [3.63, 3.8) is 0 Å². The van der Waals surface area contributed by atoms with Crippen LogP contribution in [0.2, 0.25) is 0 Å². The summed E-state index contributed by atoms with van der Waals surface area (Å²) in [7, 11) is 0. The molecule has 1 N–H and O–H groups in total. The molecular weight excluding hydrogens is 140 g/mol. The van der Waals surface area contributed by atoms with Gasteiger partial charge < -0.3 is 9.64 Å². The monoisotopic (exact) mass is 156 g/mol. The van der Waals surface area contributed by atoms with Crippen LogP contribution in [-0.2, 0) is 4.74 Å². The molecule has 1 atom stereocenters. The van der Waals surface area contributed by atoms with Crippen molar-refractivity contribution in [2.45, 2.75) is 26.4 Å². The molecule has 0 radical (unpaired) electrons. The lowest BCUT2D eigenvalue weighted by Crippen LogP contribution is -2.44. The van der Waals surface area contributed by atoms with E-state index in [2.05, 4.69) is 11.8 Å². The quantitative estimate of drug-likeness (QED) is 0.456. The number of hydrogen-bond acceptors (Lipinski definition) is 2. The molecule has 0 aromatic rings. The first kappa shape index (κ1) is 8.53. The molecule has 1 heterocycles. The van der Waals surface area contributed by atoms with Crippen molar-refractivity contribution >= 4 is 5.84 Å². The summed E-state index contributed by atoms with van der Waals surface area (Å²) in [6.07, 6.45) is 1.38. The van der Waals surface area contributed by atoms with Crippen LogP contribution in [0.25, 0.3) is 0 Å². The predicted octanol–water partition coefficient (Wildman–Crippen LogP) is 1.09. The van der Waals surface area contributed by atoms with Gasteiger partial charge in [0.25, 0.3) is 0 Å². The molecule has 0 aliphatic carbocycles. The van der Waals surface area contributed by atoms with Crippen LogP contribution >= 0.6 is 0 Å². The van der Waals surface area contributed by atoms with E-state index in [1.54, 1.807) is 0 Å². The number of ether oxygens (including phenoxy) is 1. The van der Waals surface area contributed by atoms with Crippen LogP contribution in [-0.4, -0.2) is 36.5 Å². The normalized spacial score (nSPS) is 25.3. The summed E-state index contributed by atoms with van der Waals surface area (Å²) in [5.74, 6) is 0.659. The summed E-state index contributed by atoms with van der Waals surface area (Å²) in [4.78, 5) is 2.07. The van der Waals surface area contributed by atoms with Crippen molar-refractivity contribution in [3.05, 3.63) is 0 Å². The maximum Gasteiger partial charge on any atom is 0.0927 e. The zero-order chi connectivity index (χ0) is 8.27. The molecule has 0 aromatic carbocycles. The van der Waals surface area contributed by atoms with Gasteiger partial charge >= 0.3 is 0 Å². The van der Waals surface area contributed by atoms with Crippen LogP contribution in [0.5, 0.6) is 0 Å². The number of amidine groups is 1. The van der Waals surface area contributed by atoms with E-state index in [0.717, 1.165) is 26.1 Å². The standard InChI is InChI=1S/C8H16N2O/c1-3-8-6-10(7(2)9)4-5-11-8/h8-9H,3-6H2,1-2H3. The first-order valence-electron chi connectivity index (χ1n) is 4.15. The Kier molecular flexibility index (Phi) is 2.88. The molecule has 0 aromatic heterocycles. The Hall–Kier alpha value is -0.570. The Morgan fingerprint density at radius 3 is 3.00 bits per heavy atom. The van der Waals surface area contributed by atoms with E-state index in [0.29, 0.717) is 11.9 Å². The molecular formula is C8H16N2O. The van der Waals surface area contributed by atoms with Crippen LogP contribution < -0.4 is 0 Å². The van der Waals surface area contributed by atoms with E-state index < -0.39 is 0 Å². The highest BCUT2D eigenvalue weighted by Gasteiger charge is 2.18. The molecule has 1 unspecified atom stereocenters. The van der Waals surface area contributed by atoms with E-state index in [-0.39, 0.29) is 0 Å². The van der Waals surface area contributed by atoms with Gasteiger partial charge in [0.15, 0.2) is 0 Å². The summed E-state index contributed by atoms with van der Waals surface area (Å²) in [5, 5.41) is 7.42. The third-order valence-corrected chi connectivity index (χ3v) is 2.07. The zero-order valence-corrected chi connectivity index (χ0v) is 7.26. The number of morpholine rings is 1. The lowest BCUT2D eigenvalue weighted by Gasteiger charge is -2.33. The number of hydrogen-bond donors (Lipinski definition) is 1. The third kappa shape index (κ3) is 2.19. The summed E-state index contributed by atoms with van der Waals surface area (Å²) < 4.78 is 5.47. The lowest BCUT2D eigenvalue weighted by molar-refractivity contribution is -0.00740. The summed E-state index contributed by atoms with van der Waals surface area (Å²) in [6, 6.07) is 0. The minimum absolute atomic E-state index is 0.337. The summed E-state index contributed by atoms with van der Waals surface area (Å²) in [5.41, 5.74) is 0. The fourth-order valence-electron chi connectivity index (χ4n) is 1.27. The van der Waals surface area contributed by atoms with Gasteiger partial charge in [-0.05, 0) is 13.3 Å². The fraction of sp³-hybridized carbons (Fsp3) is 0.875. The van der Waals surface area contributed by atoms with Crippen LogP contribution in [0.4, 0.5) is 0 Å². The molecule has 1 rings (SSSR count). The highest BCUT2D eigenvalue weighted by Crippen LogP contribution is 2.07. The van der Waals surface area contributed by atoms with Crippen molar-refractivity contribution < 1.29 is 4.74 Å². The number of nitrogens with one attached hydrogen (secondary N) is 1. The van der Waals surface area contributed by atoms with E-state index in [9.17, 15) is 0 Å². The van der Waals surface area contributed by atoms with Crippen LogP contribution in [0.1, 0.15) is 20.3 Å². The first-order valence-corrected chi connectivity index (χ1v) is 4.15. The molecule has 1 aliphatic rings. The van der Waals surface area contributed by atoms with Gasteiger partial charge in [-0.3, -0.25) is 5.41 Å². The van der Waals surface area contributed by atoms with Crippen molar-refractivity contribution in [2.75, 3.05) is 19.7 Å². The first-order chi connectivity index (χ1) is 5.24. The van der Waals surface area contributed by atoms with Crippen molar-refractivity contribution in [1.29, 1.82) is 5.41 Å². The van der Waals surface area contributed by atoms with E-state index in [4.69, 9.17) is 10.1 Å². The lowest BCUT2D eigenvalue weighted by atomic mass is 10.2. The van der Waals surface area contributed by atoms with Gasteiger partial charge in [0.2, 0.25) is 0 Å². The molecule has 1 saturated heterocycles. The molecule has 3 heteroatoms. The Morgan fingerprint density at radius 2 is 2.45 bits per heavy atom. The molecule has 11 heavy (non-hydrogen) atoms. The van der Waals surface area contributed by atoms with E-state index in [1.165, 1.54) is 0 Å². The summed E-state index contributed by atoms with van der Waals surface area (Å²) in [6.45, 7) is 6.50. The zero-order valence-electron chi connectivity index (χ0n) is 7.26. The second-order valence-corrected chi connectivity index (χ2v) is 2.93. The van der Waals surface area contributed by atoms with Crippen molar-refractivity contribution in [2.24, 2.45) is 0 Å². The highest BCUT2D eigenvalue weighted by atomic mass is 16.5. The maximum absolute atomic E-state index is 7.42. The Balaban J connectivity index is 2.39. The van der Waals surface area contributed by atoms with Gasteiger partial charge in [0.05, 0.1) is 18.5 Å². The van der Waals surface area contributed by atoms with Crippen LogP contribution in [0.15, 0.2) is 0 Å². The molecule has 1 aliphatic heterocycles. The third-order valence-electron chi connectivity index (χ3n) is 2.07. The average Bonchev–Trinajstić information content (AvgIpc) is 2.05. The van der Waals surface area contributed by atoms with Gasteiger partial charge in [-0.2, -0.15) is 0 Å². The number of nitrogens with zero attached hydrogens (tertiary/aromatic N) is 1. The largest absolute Gasteiger partial charge is 0.375 e. The van der Waals surface area contributed by atoms with Crippen molar-refractivity contribution in [3.8, 4) is 0 Å². The average molecular weight is 156 g/mol. The van der Waals surface area contributed by atoms with Crippen LogP contribution in [0, 0.1) is 5.41 Å². The van der Waals surface area contributed by atoms with Gasteiger partial charge in [0, 0.05) is 13.1 Å². The molecule has 0 amide bonds. The second kappa shape index (κ2) is 3.72. The van der Waals surface area contributed by atoms with E-state index >= 15 is 0 Å². The molecule has 0 saturated carbocycles. The van der Waals surface area contributed by atoms with Gasteiger partial charge in [-0.25, -0.2) is 0 Å². The van der Waals surface area contributed by atoms with E-state index in [1.807, 2.05) is 6.92 Å². The molecule has 1 fully saturated rings. The van der Waals surface area contributed by atoms with Gasteiger partial charge in [-0.15, -0.1) is 0 Å². The maximum atomic E-state index is 7.42. The predicted molar refractivity (Wildman–Crippen MR) is 45.0 cm³/mol. The molecule has 0 bridgehead atoms. The second-order valence-electron chi connectivity index (χ2n) is 2.93. The van der Waals surface area contributed by atoms with Gasteiger partial charge in [0.1, 0.15) is 0 Å². The fourth-order valence-corrected chi connectivity index (χ4v) is 1.27. The SMILES string of the molecule is CCC1CN(C(C)=N)CCO1. The summed E-state index contributed by atoms with van der Waals surface area (Å²) >= 11 is 0.